The van der Waals surface area contributed by atoms with E-state index >= 15 is 0 Å². The van der Waals surface area contributed by atoms with Crippen LogP contribution in [-0.4, -0.2) is 43.6 Å². The molecule has 0 radical (unpaired) electrons. The summed E-state index contributed by atoms with van der Waals surface area (Å²) in [5.74, 6) is 7.38. The van der Waals surface area contributed by atoms with Crippen LogP contribution in [0.5, 0.6) is 0 Å². The number of nitrogens with two attached hydrogens (primary N) is 1. The highest BCUT2D eigenvalue weighted by Gasteiger charge is 2.27. The van der Waals surface area contributed by atoms with Crippen LogP contribution in [0.15, 0.2) is 19.0 Å². The van der Waals surface area contributed by atoms with Gasteiger partial charge in [0.15, 0.2) is 5.65 Å². The van der Waals surface area contributed by atoms with Gasteiger partial charge in [-0.15, -0.1) is 0 Å². The van der Waals surface area contributed by atoms with Crippen LogP contribution in [0.2, 0.25) is 0 Å². The second-order valence-electron chi connectivity index (χ2n) is 7.29. The molecule has 1 amide bonds. The molecule has 4 rings (SSSR count). The Kier molecular flexibility index (Phi) is 4.80. The number of carbonyl (C=O) groups excluding carboxylic acids is 1. The minimum Gasteiger partial charge on any atom is -0.383 e. The molecule has 7 nitrogen and oxygen atoms in total. The van der Waals surface area contributed by atoms with Gasteiger partial charge in [-0.1, -0.05) is 25.3 Å². The SMILES string of the molecule is C=CC(=O)N1CCCC(n2nc(C#CC3CCCC3)c3c(N)ncnc32)C1. The monoisotopic (exact) mass is 364 g/mol. The van der Waals surface area contributed by atoms with Gasteiger partial charge in [0.2, 0.25) is 5.91 Å². The van der Waals surface area contributed by atoms with Gasteiger partial charge in [0, 0.05) is 19.0 Å². The minimum absolute atomic E-state index is 0.0430. The number of likely N-dealkylation sites (tertiary alicyclic amines) is 1. The molecule has 2 aromatic heterocycles. The second-order valence-corrected chi connectivity index (χ2v) is 7.29. The number of hydrogen-bond donors (Lipinski definition) is 1. The Morgan fingerprint density at radius 2 is 2.07 bits per heavy atom. The van der Waals surface area contributed by atoms with E-state index in [0.717, 1.165) is 37.6 Å². The molecule has 1 aliphatic heterocycles. The molecule has 2 fully saturated rings. The molecule has 1 saturated heterocycles. The summed E-state index contributed by atoms with van der Waals surface area (Å²) in [6.07, 6.45) is 9.45. The minimum atomic E-state index is -0.0495. The number of amides is 1. The lowest BCUT2D eigenvalue weighted by molar-refractivity contribution is -0.127. The zero-order valence-corrected chi connectivity index (χ0v) is 15.4. The van der Waals surface area contributed by atoms with Crippen LogP contribution in [0.25, 0.3) is 11.0 Å². The second kappa shape index (κ2) is 7.39. The number of piperidine rings is 1. The molecule has 0 aromatic carbocycles. The summed E-state index contributed by atoms with van der Waals surface area (Å²) in [6.45, 7) is 4.92. The van der Waals surface area contributed by atoms with Crippen molar-refractivity contribution in [3.05, 3.63) is 24.7 Å². The van der Waals surface area contributed by atoms with Crippen molar-refractivity contribution in [3.63, 3.8) is 0 Å². The lowest BCUT2D eigenvalue weighted by Crippen LogP contribution is -2.40. The van der Waals surface area contributed by atoms with Crippen LogP contribution in [0.4, 0.5) is 5.82 Å². The predicted octanol–water partition coefficient (Wildman–Crippen LogP) is 2.30. The van der Waals surface area contributed by atoms with E-state index in [1.165, 1.54) is 25.2 Å². The summed E-state index contributed by atoms with van der Waals surface area (Å²) >= 11 is 0. The molecule has 3 heterocycles. The highest BCUT2D eigenvalue weighted by molar-refractivity contribution is 5.90. The van der Waals surface area contributed by atoms with Crippen molar-refractivity contribution in [1.82, 2.24) is 24.6 Å². The Morgan fingerprint density at radius 1 is 1.26 bits per heavy atom. The van der Waals surface area contributed by atoms with E-state index in [2.05, 4.69) is 28.4 Å². The number of rotatable bonds is 2. The van der Waals surface area contributed by atoms with Crippen molar-refractivity contribution >= 4 is 22.8 Å². The number of hydrogen-bond acceptors (Lipinski definition) is 5. The van der Waals surface area contributed by atoms with Gasteiger partial charge < -0.3 is 10.6 Å². The summed E-state index contributed by atoms with van der Waals surface area (Å²) < 4.78 is 1.88. The summed E-state index contributed by atoms with van der Waals surface area (Å²) in [7, 11) is 0. The molecule has 1 atom stereocenters. The standard InChI is InChI=1S/C20H24N6O/c1-2-17(27)25-11-5-8-15(12-25)26-20-18(19(21)22-13-23-20)16(24-26)10-9-14-6-3-4-7-14/h2,13-15H,1,3-8,11-12H2,(H2,21,22,23). The van der Waals surface area contributed by atoms with E-state index in [9.17, 15) is 4.79 Å². The maximum Gasteiger partial charge on any atom is 0.246 e. The number of nitrogen functional groups attached to an aromatic ring is 1. The first kappa shape index (κ1) is 17.5. The van der Waals surface area contributed by atoms with Crippen LogP contribution in [-0.2, 0) is 4.79 Å². The van der Waals surface area contributed by atoms with Crippen LogP contribution in [0, 0.1) is 17.8 Å². The third kappa shape index (κ3) is 3.39. The highest BCUT2D eigenvalue weighted by atomic mass is 16.2. The van der Waals surface area contributed by atoms with Gasteiger partial charge in [-0.3, -0.25) is 4.79 Å². The lowest BCUT2D eigenvalue weighted by Gasteiger charge is -2.32. The van der Waals surface area contributed by atoms with Gasteiger partial charge >= 0.3 is 0 Å². The lowest BCUT2D eigenvalue weighted by atomic mass is 10.1. The van der Waals surface area contributed by atoms with Crippen molar-refractivity contribution in [2.24, 2.45) is 5.92 Å². The van der Waals surface area contributed by atoms with Gasteiger partial charge in [0.05, 0.1) is 11.4 Å². The molecule has 1 unspecified atom stereocenters. The molecule has 7 heteroatoms. The van der Waals surface area contributed by atoms with Crippen molar-refractivity contribution in [2.75, 3.05) is 18.8 Å². The maximum atomic E-state index is 12.0. The molecule has 1 aliphatic carbocycles. The summed E-state index contributed by atoms with van der Waals surface area (Å²) in [6, 6.07) is 0.0430. The molecular weight excluding hydrogens is 340 g/mol. The first-order valence-corrected chi connectivity index (χ1v) is 9.59. The Balaban J connectivity index is 1.71. The fourth-order valence-corrected chi connectivity index (χ4v) is 4.06. The third-order valence-electron chi connectivity index (χ3n) is 5.50. The zero-order valence-electron chi connectivity index (χ0n) is 15.4. The zero-order chi connectivity index (χ0) is 18.8. The Hall–Kier alpha value is -2.88. The Bertz CT molecular complexity index is 931. The normalized spacial score (nSPS) is 20.4. The Labute approximate surface area is 158 Å². The first-order chi connectivity index (χ1) is 13.2. The molecule has 2 N–H and O–H groups in total. The number of carbonyl (C=O) groups is 1. The van der Waals surface area contributed by atoms with Crippen molar-refractivity contribution in [1.29, 1.82) is 0 Å². The quantitative estimate of drug-likeness (QED) is 0.652. The predicted molar refractivity (Wildman–Crippen MR) is 104 cm³/mol. The number of fused-ring (bicyclic) bond motifs is 1. The summed E-state index contributed by atoms with van der Waals surface area (Å²) in [5.41, 5.74) is 7.46. The molecule has 2 aliphatic rings. The molecule has 0 bridgehead atoms. The number of aromatic nitrogens is 4. The molecule has 0 spiro atoms. The maximum absolute atomic E-state index is 12.0. The van der Waals surface area contributed by atoms with Crippen molar-refractivity contribution < 1.29 is 4.79 Å². The van der Waals surface area contributed by atoms with Gasteiger partial charge in [-0.25, -0.2) is 14.6 Å². The van der Waals surface area contributed by atoms with Crippen molar-refractivity contribution in [3.8, 4) is 11.8 Å². The topological polar surface area (TPSA) is 89.9 Å². The Morgan fingerprint density at radius 3 is 2.85 bits per heavy atom. The van der Waals surface area contributed by atoms with Crippen LogP contribution in [0.3, 0.4) is 0 Å². The fourth-order valence-electron chi connectivity index (χ4n) is 4.06. The smallest absolute Gasteiger partial charge is 0.246 e. The number of anilines is 1. The van der Waals surface area contributed by atoms with E-state index in [0.29, 0.717) is 29.6 Å². The first-order valence-electron chi connectivity index (χ1n) is 9.59. The van der Waals surface area contributed by atoms with Gasteiger partial charge in [-0.2, -0.15) is 5.10 Å². The van der Waals surface area contributed by atoms with E-state index in [1.807, 2.05) is 9.58 Å². The summed E-state index contributed by atoms with van der Waals surface area (Å²) in [5, 5.41) is 5.47. The molecule has 2 aromatic rings. The number of nitrogens with zero attached hydrogens (tertiary/aromatic N) is 5. The molecule has 27 heavy (non-hydrogen) atoms. The fraction of sp³-hybridized carbons (Fsp3) is 0.500. The van der Waals surface area contributed by atoms with Gasteiger partial charge in [0.1, 0.15) is 17.8 Å². The third-order valence-corrected chi connectivity index (χ3v) is 5.50. The highest BCUT2D eigenvalue weighted by Crippen LogP contribution is 2.29. The van der Waals surface area contributed by atoms with E-state index in [1.54, 1.807) is 0 Å². The average Bonchev–Trinajstić information content (AvgIpc) is 3.34. The van der Waals surface area contributed by atoms with Crippen LogP contribution in [0.1, 0.15) is 50.3 Å². The van der Waals surface area contributed by atoms with Crippen LogP contribution < -0.4 is 5.73 Å². The molecule has 140 valence electrons. The van der Waals surface area contributed by atoms with E-state index in [4.69, 9.17) is 10.8 Å². The van der Waals surface area contributed by atoms with Crippen molar-refractivity contribution in [2.45, 2.75) is 44.6 Å². The largest absolute Gasteiger partial charge is 0.383 e. The van der Waals surface area contributed by atoms with Crippen LogP contribution >= 0.6 is 0 Å². The van der Waals surface area contributed by atoms with E-state index in [-0.39, 0.29) is 11.9 Å². The summed E-state index contributed by atoms with van der Waals surface area (Å²) in [4.78, 5) is 22.4. The average molecular weight is 364 g/mol. The van der Waals surface area contributed by atoms with E-state index < -0.39 is 0 Å². The molecule has 1 saturated carbocycles. The molecular formula is C20H24N6O. The van der Waals surface area contributed by atoms with Gasteiger partial charge in [0.25, 0.3) is 0 Å². The van der Waals surface area contributed by atoms with Gasteiger partial charge in [-0.05, 0) is 37.7 Å².